The molecule has 4 heteroatoms. The van der Waals surface area contributed by atoms with Crippen LogP contribution >= 0.6 is 0 Å². The van der Waals surface area contributed by atoms with E-state index in [1.807, 2.05) is 20.8 Å². The molecule has 0 aliphatic heterocycles. The zero-order valence-corrected chi connectivity index (χ0v) is 10.5. The standard InChI is InChI=1S/C11H23NO3/c1-10(2,3)12-8(7-13)9(14)15-11(4,5)6/h8,12-13H,7H2,1-6H3/t8-/m1/s1. The second kappa shape index (κ2) is 4.94. The van der Waals surface area contributed by atoms with E-state index in [1.54, 1.807) is 20.8 Å². The molecule has 0 aromatic heterocycles. The Morgan fingerprint density at radius 2 is 1.73 bits per heavy atom. The third-order valence-corrected chi connectivity index (χ3v) is 1.48. The summed E-state index contributed by atoms with van der Waals surface area (Å²) in [5.41, 5.74) is -0.756. The van der Waals surface area contributed by atoms with Crippen LogP contribution in [-0.2, 0) is 9.53 Å². The van der Waals surface area contributed by atoms with Gasteiger partial charge in [-0.25, -0.2) is 0 Å². The van der Waals surface area contributed by atoms with Crippen molar-refractivity contribution in [2.75, 3.05) is 6.61 Å². The maximum Gasteiger partial charge on any atom is 0.326 e. The van der Waals surface area contributed by atoms with Gasteiger partial charge in [-0.1, -0.05) is 0 Å². The van der Waals surface area contributed by atoms with Crippen LogP contribution in [0.3, 0.4) is 0 Å². The predicted molar refractivity (Wildman–Crippen MR) is 59.6 cm³/mol. The van der Waals surface area contributed by atoms with Crippen molar-refractivity contribution in [1.29, 1.82) is 0 Å². The minimum absolute atomic E-state index is 0.232. The predicted octanol–water partition coefficient (Wildman–Crippen LogP) is 1.08. The fourth-order valence-electron chi connectivity index (χ4n) is 1.07. The highest BCUT2D eigenvalue weighted by molar-refractivity contribution is 5.76. The number of hydrogen-bond acceptors (Lipinski definition) is 4. The molecule has 90 valence electrons. The first-order valence-corrected chi connectivity index (χ1v) is 5.16. The number of aliphatic hydroxyl groups excluding tert-OH is 1. The van der Waals surface area contributed by atoms with Gasteiger partial charge >= 0.3 is 5.97 Å². The first-order chi connectivity index (χ1) is 6.55. The number of carbonyl (C=O) groups excluding carboxylic acids is 1. The Balaban J connectivity index is 4.36. The number of nitrogens with one attached hydrogen (secondary N) is 1. The van der Waals surface area contributed by atoms with Gasteiger partial charge in [0.1, 0.15) is 11.6 Å². The van der Waals surface area contributed by atoms with E-state index >= 15 is 0 Å². The Kier molecular flexibility index (Phi) is 4.74. The van der Waals surface area contributed by atoms with Crippen molar-refractivity contribution in [3.63, 3.8) is 0 Å². The number of aliphatic hydroxyl groups is 1. The Bertz CT molecular complexity index is 213. The zero-order chi connectivity index (χ0) is 12.3. The summed E-state index contributed by atoms with van der Waals surface area (Å²) >= 11 is 0. The summed E-state index contributed by atoms with van der Waals surface area (Å²) in [5.74, 6) is -0.417. The normalized spacial score (nSPS) is 14.9. The van der Waals surface area contributed by atoms with Gasteiger partial charge in [0.2, 0.25) is 0 Å². The highest BCUT2D eigenvalue weighted by atomic mass is 16.6. The van der Waals surface area contributed by atoms with Crippen LogP contribution in [0, 0.1) is 0 Å². The summed E-state index contributed by atoms with van der Waals surface area (Å²) in [6, 6.07) is -0.663. The summed E-state index contributed by atoms with van der Waals surface area (Å²) in [7, 11) is 0. The molecule has 0 saturated carbocycles. The second-order valence-corrected chi connectivity index (χ2v) is 5.66. The Hall–Kier alpha value is -0.610. The third kappa shape index (κ3) is 7.33. The van der Waals surface area contributed by atoms with Crippen molar-refractivity contribution in [2.45, 2.75) is 58.7 Å². The molecule has 0 aliphatic rings. The highest BCUT2D eigenvalue weighted by Crippen LogP contribution is 2.10. The molecular formula is C11H23NO3. The van der Waals surface area contributed by atoms with Gasteiger partial charge in [0.15, 0.2) is 0 Å². The van der Waals surface area contributed by atoms with E-state index in [0.29, 0.717) is 0 Å². The van der Waals surface area contributed by atoms with Crippen LogP contribution in [-0.4, -0.2) is 34.9 Å². The fraction of sp³-hybridized carbons (Fsp3) is 0.909. The van der Waals surface area contributed by atoms with Crippen molar-refractivity contribution in [3.8, 4) is 0 Å². The molecule has 0 aliphatic carbocycles. The average Bonchev–Trinajstić information content (AvgIpc) is 1.94. The van der Waals surface area contributed by atoms with E-state index in [9.17, 15) is 4.79 Å². The fourth-order valence-corrected chi connectivity index (χ4v) is 1.07. The molecule has 0 amide bonds. The van der Waals surface area contributed by atoms with Gasteiger partial charge in [0, 0.05) is 5.54 Å². The first-order valence-electron chi connectivity index (χ1n) is 5.16. The van der Waals surface area contributed by atoms with Gasteiger partial charge in [-0.3, -0.25) is 10.1 Å². The Morgan fingerprint density at radius 3 is 2.00 bits per heavy atom. The lowest BCUT2D eigenvalue weighted by atomic mass is 10.1. The monoisotopic (exact) mass is 217 g/mol. The summed E-state index contributed by atoms with van der Waals surface area (Å²) in [4.78, 5) is 11.6. The highest BCUT2D eigenvalue weighted by Gasteiger charge is 2.27. The average molecular weight is 217 g/mol. The SMILES string of the molecule is CC(C)(C)N[C@H](CO)C(=O)OC(C)(C)C. The summed E-state index contributed by atoms with van der Waals surface area (Å²) < 4.78 is 5.18. The molecule has 0 spiro atoms. The molecule has 15 heavy (non-hydrogen) atoms. The van der Waals surface area contributed by atoms with Crippen molar-refractivity contribution in [2.24, 2.45) is 0 Å². The van der Waals surface area contributed by atoms with Crippen molar-refractivity contribution in [3.05, 3.63) is 0 Å². The third-order valence-electron chi connectivity index (χ3n) is 1.48. The van der Waals surface area contributed by atoms with E-state index in [-0.39, 0.29) is 12.1 Å². The van der Waals surface area contributed by atoms with E-state index in [1.165, 1.54) is 0 Å². The Morgan fingerprint density at radius 1 is 1.27 bits per heavy atom. The van der Waals surface area contributed by atoms with Gasteiger partial charge in [-0.2, -0.15) is 0 Å². The Labute approximate surface area is 92.0 Å². The van der Waals surface area contributed by atoms with Crippen LogP contribution in [0.1, 0.15) is 41.5 Å². The number of rotatable bonds is 3. The lowest BCUT2D eigenvalue weighted by molar-refractivity contribution is -0.159. The van der Waals surface area contributed by atoms with Crippen LogP contribution in [0.2, 0.25) is 0 Å². The topological polar surface area (TPSA) is 58.6 Å². The summed E-state index contributed by atoms with van der Waals surface area (Å²) in [5, 5.41) is 12.1. The van der Waals surface area contributed by atoms with Gasteiger partial charge in [-0.05, 0) is 41.5 Å². The lowest BCUT2D eigenvalue weighted by Crippen LogP contribution is -2.51. The van der Waals surface area contributed by atoms with Crippen molar-refractivity contribution < 1.29 is 14.6 Å². The van der Waals surface area contributed by atoms with Crippen molar-refractivity contribution >= 4 is 5.97 Å². The molecule has 0 heterocycles. The van der Waals surface area contributed by atoms with Gasteiger partial charge in [0.05, 0.1) is 6.61 Å². The lowest BCUT2D eigenvalue weighted by Gasteiger charge is -2.28. The molecule has 0 rings (SSSR count). The van der Waals surface area contributed by atoms with Gasteiger partial charge in [0.25, 0.3) is 0 Å². The molecule has 2 N–H and O–H groups in total. The van der Waals surface area contributed by atoms with Crippen molar-refractivity contribution in [1.82, 2.24) is 5.32 Å². The maximum absolute atomic E-state index is 11.6. The molecule has 0 aromatic rings. The number of ether oxygens (including phenoxy) is 1. The van der Waals surface area contributed by atoms with E-state index in [2.05, 4.69) is 5.32 Å². The molecule has 0 saturated heterocycles. The number of carbonyl (C=O) groups is 1. The van der Waals surface area contributed by atoms with E-state index < -0.39 is 17.6 Å². The largest absolute Gasteiger partial charge is 0.459 e. The van der Waals surface area contributed by atoms with Crippen LogP contribution in [0.25, 0.3) is 0 Å². The summed E-state index contributed by atoms with van der Waals surface area (Å²) in [6.45, 7) is 10.9. The van der Waals surface area contributed by atoms with Crippen LogP contribution in [0.4, 0.5) is 0 Å². The number of hydrogen-bond donors (Lipinski definition) is 2. The van der Waals surface area contributed by atoms with Gasteiger partial charge in [-0.15, -0.1) is 0 Å². The molecule has 0 radical (unpaired) electrons. The van der Waals surface area contributed by atoms with Gasteiger partial charge < -0.3 is 9.84 Å². The maximum atomic E-state index is 11.6. The van der Waals surface area contributed by atoms with Crippen LogP contribution in [0.15, 0.2) is 0 Å². The molecule has 4 nitrogen and oxygen atoms in total. The van der Waals surface area contributed by atoms with E-state index in [0.717, 1.165) is 0 Å². The van der Waals surface area contributed by atoms with Crippen LogP contribution < -0.4 is 5.32 Å². The quantitative estimate of drug-likeness (QED) is 0.694. The summed E-state index contributed by atoms with van der Waals surface area (Å²) in [6.07, 6.45) is 0. The van der Waals surface area contributed by atoms with E-state index in [4.69, 9.17) is 9.84 Å². The molecule has 0 fully saturated rings. The zero-order valence-electron chi connectivity index (χ0n) is 10.5. The second-order valence-electron chi connectivity index (χ2n) is 5.66. The number of esters is 1. The molecule has 0 aromatic carbocycles. The molecule has 1 atom stereocenters. The smallest absolute Gasteiger partial charge is 0.326 e. The van der Waals surface area contributed by atoms with Crippen LogP contribution in [0.5, 0.6) is 0 Å². The minimum atomic E-state index is -0.663. The minimum Gasteiger partial charge on any atom is -0.459 e. The first kappa shape index (κ1) is 14.4. The molecule has 0 unspecified atom stereocenters. The molecular weight excluding hydrogens is 194 g/mol. The molecule has 0 bridgehead atoms.